The molecule has 0 bridgehead atoms. The number of imidazole rings is 1. The van der Waals surface area contributed by atoms with Crippen LogP contribution < -0.4 is 4.74 Å². The standard InChI is InChI=1S/C23H24Cl2N2O3/c24-18-9-10-21(20(25)13-18)30-23-8-4-7-19(29-23)15-28-22(14-27-12-11-26-16-27)17-5-2-1-3-6-17/h1-3,5-6,9-13,16,19,22-23H,4,7-8,14-15H2/t19-,22?,23-/m1/s1. The Morgan fingerprint density at radius 3 is 2.77 bits per heavy atom. The molecule has 0 saturated carbocycles. The Kier molecular flexibility index (Phi) is 7.28. The van der Waals surface area contributed by atoms with Gasteiger partial charge in [0.1, 0.15) is 11.9 Å². The molecule has 1 saturated heterocycles. The molecule has 30 heavy (non-hydrogen) atoms. The highest BCUT2D eigenvalue weighted by Crippen LogP contribution is 2.31. The largest absolute Gasteiger partial charge is 0.463 e. The molecule has 158 valence electrons. The van der Waals surface area contributed by atoms with Gasteiger partial charge in [-0.05, 0) is 36.6 Å². The lowest BCUT2D eigenvalue weighted by Crippen LogP contribution is -2.35. The zero-order valence-corrected chi connectivity index (χ0v) is 18.0. The third-order valence-electron chi connectivity index (χ3n) is 5.05. The maximum Gasteiger partial charge on any atom is 0.200 e. The summed E-state index contributed by atoms with van der Waals surface area (Å²) in [6.07, 6.45) is 7.78. The minimum atomic E-state index is -0.352. The van der Waals surface area contributed by atoms with Gasteiger partial charge in [0.25, 0.3) is 0 Å². The number of aromatic nitrogens is 2. The number of nitrogens with zero attached hydrogens (tertiary/aromatic N) is 2. The van der Waals surface area contributed by atoms with Crippen molar-refractivity contribution in [1.82, 2.24) is 9.55 Å². The van der Waals surface area contributed by atoms with E-state index in [2.05, 4.69) is 17.1 Å². The quantitative estimate of drug-likeness (QED) is 0.430. The van der Waals surface area contributed by atoms with Gasteiger partial charge in [0.15, 0.2) is 6.29 Å². The summed E-state index contributed by atoms with van der Waals surface area (Å²) in [4.78, 5) is 4.13. The lowest BCUT2D eigenvalue weighted by molar-refractivity contribution is -0.170. The highest BCUT2D eigenvalue weighted by molar-refractivity contribution is 6.35. The van der Waals surface area contributed by atoms with Gasteiger partial charge >= 0.3 is 0 Å². The first kappa shape index (κ1) is 21.2. The summed E-state index contributed by atoms with van der Waals surface area (Å²) in [7, 11) is 0. The summed E-state index contributed by atoms with van der Waals surface area (Å²) in [5.74, 6) is 0.579. The molecule has 0 N–H and O–H groups in total. The van der Waals surface area contributed by atoms with Crippen molar-refractivity contribution in [2.45, 2.75) is 44.3 Å². The Bertz CT molecular complexity index is 921. The lowest BCUT2D eigenvalue weighted by Gasteiger charge is -2.31. The first-order valence-corrected chi connectivity index (χ1v) is 10.8. The Morgan fingerprint density at radius 2 is 2.00 bits per heavy atom. The van der Waals surface area contributed by atoms with Crippen molar-refractivity contribution in [3.8, 4) is 5.75 Å². The predicted molar refractivity (Wildman–Crippen MR) is 117 cm³/mol. The van der Waals surface area contributed by atoms with Gasteiger partial charge in [-0.3, -0.25) is 0 Å². The minimum absolute atomic E-state index is 0.0381. The molecular weight excluding hydrogens is 423 g/mol. The molecule has 1 aliphatic heterocycles. The average Bonchev–Trinajstić information content (AvgIpc) is 3.27. The van der Waals surface area contributed by atoms with Crippen LogP contribution >= 0.6 is 23.2 Å². The van der Waals surface area contributed by atoms with Crippen molar-refractivity contribution in [3.05, 3.63) is 82.9 Å². The van der Waals surface area contributed by atoms with Gasteiger partial charge in [-0.2, -0.15) is 0 Å². The Labute approximate surface area is 186 Å². The van der Waals surface area contributed by atoms with Crippen molar-refractivity contribution in [3.63, 3.8) is 0 Å². The fraction of sp³-hybridized carbons (Fsp3) is 0.348. The summed E-state index contributed by atoms with van der Waals surface area (Å²) >= 11 is 12.2. The van der Waals surface area contributed by atoms with Gasteiger partial charge in [0.2, 0.25) is 0 Å². The van der Waals surface area contributed by atoms with E-state index in [1.807, 2.05) is 29.0 Å². The van der Waals surface area contributed by atoms with Crippen LogP contribution in [-0.2, 0) is 16.0 Å². The van der Waals surface area contributed by atoms with E-state index in [0.717, 1.165) is 24.8 Å². The molecule has 1 unspecified atom stereocenters. The van der Waals surface area contributed by atoms with Crippen LogP contribution in [0.1, 0.15) is 30.9 Å². The topological polar surface area (TPSA) is 45.5 Å². The van der Waals surface area contributed by atoms with Crippen molar-refractivity contribution in [2.75, 3.05) is 6.61 Å². The molecule has 3 aromatic rings. The van der Waals surface area contributed by atoms with Gasteiger partial charge in [-0.1, -0.05) is 53.5 Å². The molecule has 0 spiro atoms. The van der Waals surface area contributed by atoms with Crippen LogP contribution in [0.3, 0.4) is 0 Å². The van der Waals surface area contributed by atoms with Crippen LogP contribution in [0.2, 0.25) is 10.0 Å². The zero-order chi connectivity index (χ0) is 20.8. The van der Waals surface area contributed by atoms with Crippen molar-refractivity contribution < 1.29 is 14.2 Å². The second kappa shape index (κ2) is 10.3. The van der Waals surface area contributed by atoms with Gasteiger partial charge < -0.3 is 18.8 Å². The molecule has 0 radical (unpaired) electrons. The van der Waals surface area contributed by atoms with E-state index >= 15 is 0 Å². The molecule has 2 aromatic carbocycles. The molecule has 5 nitrogen and oxygen atoms in total. The fourth-order valence-electron chi connectivity index (χ4n) is 3.52. The number of hydrogen-bond acceptors (Lipinski definition) is 4. The summed E-state index contributed by atoms with van der Waals surface area (Å²) in [5.41, 5.74) is 1.13. The van der Waals surface area contributed by atoms with Crippen molar-refractivity contribution >= 4 is 23.2 Å². The van der Waals surface area contributed by atoms with E-state index in [0.29, 0.717) is 28.9 Å². The molecule has 1 fully saturated rings. The fourth-order valence-corrected chi connectivity index (χ4v) is 3.97. The lowest BCUT2D eigenvalue weighted by atomic mass is 10.1. The van der Waals surface area contributed by atoms with Crippen LogP contribution in [0, 0.1) is 0 Å². The van der Waals surface area contributed by atoms with Crippen molar-refractivity contribution in [1.29, 1.82) is 0 Å². The molecule has 7 heteroatoms. The first-order valence-electron chi connectivity index (χ1n) is 10.1. The van der Waals surface area contributed by atoms with E-state index < -0.39 is 0 Å². The van der Waals surface area contributed by atoms with Crippen LogP contribution in [-0.4, -0.2) is 28.6 Å². The van der Waals surface area contributed by atoms with E-state index in [1.54, 1.807) is 30.7 Å². The smallest absolute Gasteiger partial charge is 0.200 e. The average molecular weight is 447 g/mol. The molecule has 1 aliphatic rings. The highest BCUT2D eigenvalue weighted by atomic mass is 35.5. The second-order valence-corrected chi connectivity index (χ2v) is 8.15. The maximum atomic E-state index is 6.31. The molecule has 4 rings (SSSR count). The molecule has 0 aliphatic carbocycles. The minimum Gasteiger partial charge on any atom is -0.463 e. The molecule has 2 heterocycles. The monoisotopic (exact) mass is 446 g/mol. The van der Waals surface area contributed by atoms with E-state index in [9.17, 15) is 0 Å². The SMILES string of the molecule is Clc1ccc(O[C@@H]2CCC[C@H](COC(Cn3ccnc3)c3ccccc3)O2)c(Cl)c1. The molecule has 1 aromatic heterocycles. The Morgan fingerprint density at radius 1 is 1.13 bits per heavy atom. The third kappa shape index (κ3) is 5.76. The Balaban J connectivity index is 1.36. The second-order valence-electron chi connectivity index (χ2n) is 7.30. The summed E-state index contributed by atoms with van der Waals surface area (Å²) in [5, 5.41) is 1.06. The van der Waals surface area contributed by atoms with Gasteiger partial charge in [0, 0.05) is 23.8 Å². The normalized spacial score (nSPS) is 20.1. The van der Waals surface area contributed by atoms with E-state index in [1.165, 1.54) is 0 Å². The first-order chi connectivity index (χ1) is 14.7. The zero-order valence-electron chi connectivity index (χ0n) is 16.5. The van der Waals surface area contributed by atoms with Crippen LogP contribution in [0.25, 0.3) is 0 Å². The number of benzene rings is 2. The maximum absolute atomic E-state index is 6.31. The molecule has 0 amide bonds. The van der Waals surface area contributed by atoms with E-state index in [4.69, 9.17) is 37.4 Å². The van der Waals surface area contributed by atoms with Crippen molar-refractivity contribution in [2.24, 2.45) is 0 Å². The highest BCUT2D eigenvalue weighted by Gasteiger charge is 2.26. The van der Waals surface area contributed by atoms with Crippen LogP contribution in [0.15, 0.2) is 67.3 Å². The number of rotatable bonds is 8. The van der Waals surface area contributed by atoms with Gasteiger partial charge in [-0.15, -0.1) is 0 Å². The summed E-state index contributed by atoms with van der Waals surface area (Å²) in [6, 6.07) is 15.4. The number of halogens is 2. The van der Waals surface area contributed by atoms with Gasteiger partial charge in [0.05, 0.1) is 30.6 Å². The summed E-state index contributed by atoms with van der Waals surface area (Å²) in [6.45, 7) is 1.18. The Hall–Kier alpha value is -2.05. The summed E-state index contributed by atoms with van der Waals surface area (Å²) < 4.78 is 20.4. The van der Waals surface area contributed by atoms with Gasteiger partial charge in [-0.25, -0.2) is 4.98 Å². The predicted octanol–water partition coefficient (Wildman–Crippen LogP) is 5.92. The third-order valence-corrected chi connectivity index (χ3v) is 5.58. The molecular formula is C23H24Cl2N2O3. The number of ether oxygens (including phenoxy) is 3. The molecule has 3 atom stereocenters. The number of hydrogen-bond donors (Lipinski definition) is 0. The van der Waals surface area contributed by atoms with E-state index in [-0.39, 0.29) is 18.5 Å². The van der Waals surface area contributed by atoms with Crippen LogP contribution in [0.5, 0.6) is 5.75 Å². The van der Waals surface area contributed by atoms with Crippen LogP contribution in [0.4, 0.5) is 0 Å².